The number of amides is 3. The van der Waals surface area contributed by atoms with E-state index in [9.17, 15) is 14.4 Å². The van der Waals surface area contributed by atoms with E-state index in [4.69, 9.17) is 10.5 Å². The van der Waals surface area contributed by atoms with E-state index < -0.39 is 18.0 Å². The largest absolute Gasteiger partial charge is 0.379 e. The predicted octanol–water partition coefficient (Wildman–Crippen LogP) is 0.452. The summed E-state index contributed by atoms with van der Waals surface area (Å²) in [5.41, 5.74) is 6.54. The summed E-state index contributed by atoms with van der Waals surface area (Å²) < 4.78 is 5.30. The molecule has 0 bridgehead atoms. The molecule has 0 aliphatic carbocycles. The van der Waals surface area contributed by atoms with Gasteiger partial charge in [-0.25, -0.2) is 0 Å². The summed E-state index contributed by atoms with van der Waals surface area (Å²) in [6, 6.07) is 8.27. The predicted molar refractivity (Wildman–Crippen MR) is 115 cm³/mol. The number of benzene rings is 1. The van der Waals surface area contributed by atoms with Gasteiger partial charge in [-0.3, -0.25) is 19.3 Å². The van der Waals surface area contributed by atoms with Crippen molar-refractivity contribution < 1.29 is 19.1 Å². The number of hydrogen-bond donors (Lipinski definition) is 3. The number of rotatable bonds is 11. The lowest BCUT2D eigenvalue weighted by Gasteiger charge is -2.27. The number of ether oxygens (including phenoxy) is 1. The minimum absolute atomic E-state index is 0.196. The SMILES string of the molecule is CC(C)C[C@H](NC(=O)C(CCc1ccccc1)NC(=O)CN1CCOCC1)C(N)=O. The highest BCUT2D eigenvalue weighted by Gasteiger charge is 2.26. The van der Waals surface area contributed by atoms with Crippen molar-refractivity contribution in [2.75, 3.05) is 32.8 Å². The molecule has 1 aliphatic heterocycles. The van der Waals surface area contributed by atoms with E-state index in [-0.39, 0.29) is 24.3 Å². The Kier molecular flexibility index (Phi) is 9.76. The van der Waals surface area contributed by atoms with Crippen molar-refractivity contribution in [3.8, 4) is 0 Å². The van der Waals surface area contributed by atoms with Crippen LogP contribution in [-0.4, -0.2) is 67.6 Å². The first-order valence-electron chi connectivity index (χ1n) is 10.6. The van der Waals surface area contributed by atoms with E-state index in [0.717, 1.165) is 5.56 Å². The molecule has 1 saturated heterocycles. The number of primary amides is 1. The van der Waals surface area contributed by atoms with Gasteiger partial charge in [0.1, 0.15) is 12.1 Å². The van der Waals surface area contributed by atoms with Gasteiger partial charge in [0.25, 0.3) is 0 Å². The van der Waals surface area contributed by atoms with Crippen molar-refractivity contribution in [2.24, 2.45) is 11.7 Å². The molecule has 0 radical (unpaired) electrons. The molecule has 166 valence electrons. The van der Waals surface area contributed by atoms with Crippen molar-refractivity contribution in [1.82, 2.24) is 15.5 Å². The number of nitrogens with one attached hydrogen (secondary N) is 2. The fourth-order valence-corrected chi connectivity index (χ4v) is 3.42. The normalized spacial score (nSPS) is 16.6. The van der Waals surface area contributed by atoms with Gasteiger partial charge in [0.15, 0.2) is 0 Å². The Morgan fingerprint density at radius 2 is 1.73 bits per heavy atom. The van der Waals surface area contributed by atoms with Crippen molar-refractivity contribution in [3.63, 3.8) is 0 Å². The fraction of sp³-hybridized carbons (Fsp3) is 0.591. The molecule has 2 atom stereocenters. The summed E-state index contributed by atoms with van der Waals surface area (Å²) in [6.45, 7) is 6.70. The van der Waals surface area contributed by atoms with E-state index in [0.29, 0.717) is 45.6 Å². The minimum Gasteiger partial charge on any atom is -0.379 e. The number of hydrogen-bond acceptors (Lipinski definition) is 5. The third kappa shape index (κ3) is 8.51. The highest BCUT2D eigenvalue weighted by molar-refractivity contribution is 5.91. The van der Waals surface area contributed by atoms with Crippen LogP contribution in [0.5, 0.6) is 0 Å². The molecule has 0 spiro atoms. The minimum atomic E-state index is -0.757. The maximum absolute atomic E-state index is 12.9. The first kappa shape index (κ1) is 23.8. The third-order valence-electron chi connectivity index (χ3n) is 5.05. The van der Waals surface area contributed by atoms with Crippen molar-refractivity contribution >= 4 is 17.7 Å². The van der Waals surface area contributed by atoms with Crippen LogP contribution >= 0.6 is 0 Å². The molecule has 1 unspecified atom stereocenters. The molecule has 30 heavy (non-hydrogen) atoms. The maximum atomic E-state index is 12.9. The Balaban J connectivity index is 2.01. The molecule has 8 nitrogen and oxygen atoms in total. The second-order valence-corrected chi connectivity index (χ2v) is 8.13. The smallest absolute Gasteiger partial charge is 0.243 e. The molecule has 2 rings (SSSR count). The van der Waals surface area contributed by atoms with Crippen LogP contribution in [0, 0.1) is 5.92 Å². The van der Waals surface area contributed by atoms with Gasteiger partial charge in [-0.05, 0) is 30.7 Å². The second kappa shape index (κ2) is 12.3. The Labute approximate surface area is 178 Å². The zero-order valence-electron chi connectivity index (χ0n) is 17.9. The number of aryl methyl sites for hydroxylation is 1. The van der Waals surface area contributed by atoms with Crippen LogP contribution in [0.1, 0.15) is 32.3 Å². The number of carbonyl (C=O) groups excluding carboxylic acids is 3. The average Bonchev–Trinajstić information content (AvgIpc) is 2.71. The quantitative estimate of drug-likeness (QED) is 0.483. The van der Waals surface area contributed by atoms with Gasteiger partial charge in [0, 0.05) is 13.1 Å². The van der Waals surface area contributed by atoms with Crippen LogP contribution in [0.2, 0.25) is 0 Å². The van der Waals surface area contributed by atoms with Crippen LogP contribution in [0.4, 0.5) is 0 Å². The van der Waals surface area contributed by atoms with E-state index in [1.54, 1.807) is 0 Å². The summed E-state index contributed by atoms with van der Waals surface area (Å²) in [7, 11) is 0. The molecule has 4 N–H and O–H groups in total. The molecule has 1 aliphatic rings. The molecule has 0 aromatic heterocycles. The summed E-state index contributed by atoms with van der Waals surface area (Å²) in [6.07, 6.45) is 1.51. The number of carbonyl (C=O) groups is 3. The van der Waals surface area contributed by atoms with E-state index in [1.807, 2.05) is 49.1 Å². The van der Waals surface area contributed by atoms with E-state index in [1.165, 1.54) is 0 Å². The van der Waals surface area contributed by atoms with Crippen LogP contribution in [0.3, 0.4) is 0 Å². The van der Waals surface area contributed by atoms with Crippen LogP contribution < -0.4 is 16.4 Å². The summed E-state index contributed by atoms with van der Waals surface area (Å²) in [5.74, 6) is -0.977. The molecule has 8 heteroatoms. The second-order valence-electron chi connectivity index (χ2n) is 8.13. The topological polar surface area (TPSA) is 114 Å². The Morgan fingerprint density at radius 1 is 1.07 bits per heavy atom. The first-order valence-corrected chi connectivity index (χ1v) is 10.6. The molecular weight excluding hydrogens is 384 g/mol. The number of nitrogens with two attached hydrogens (primary N) is 1. The van der Waals surface area contributed by atoms with Gasteiger partial charge in [0.2, 0.25) is 17.7 Å². The van der Waals surface area contributed by atoms with Gasteiger partial charge in [-0.1, -0.05) is 44.2 Å². The van der Waals surface area contributed by atoms with Crippen molar-refractivity contribution in [3.05, 3.63) is 35.9 Å². The van der Waals surface area contributed by atoms with Gasteiger partial charge >= 0.3 is 0 Å². The fourth-order valence-electron chi connectivity index (χ4n) is 3.42. The summed E-state index contributed by atoms with van der Waals surface area (Å²) >= 11 is 0. The lowest BCUT2D eigenvalue weighted by Crippen LogP contribution is -2.54. The Bertz CT molecular complexity index is 690. The van der Waals surface area contributed by atoms with Gasteiger partial charge in [-0.2, -0.15) is 0 Å². The molecule has 1 fully saturated rings. The molecule has 3 amide bonds. The molecular formula is C22H34N4O4. The van der Waals surface area contributed by atoms with E-state index in [2.05, 4.69) is 10.6 Å². The highest BCUT2D eigenvalue weighted by atomic mass is 16.5. The molecule has 1 aromatic carbocycles. The highest BCUT2D eigenvalue weighted by Crippen LogP contribution is 2.08. The number of nitrogens with zero attached hydrogens (tertiary/aromatic N) is 1. The maximum Gasteiger partial charge on any atom is 0.243 e. The average molecular weight is 419 g/mol. The lowest BCUT2D eigenvalue weighted by atomic mass is 10.0. The lowest BCUT2D eigenvalue weighted by molar-refractivity contribution is -0.132. The third-order valence-corrected chi connectivity index (χ3v) is 5.05. The van der Waals surface area contributed by atoms with Crippen LogP contribution in [0.25, 0.3) is 0 Å². The summed E-state index contributed by atoms with van der Waals surface area (Å²) in [4.78, 5) is 39.2. The zero-order chi connectivity index (χ0) is 21.9. The standard InChI is InChI=1S/C22H34N4O4/c1-16(2)14-19(21(23)28)25-22(29)18(9-8-17-6-4-3-5-7-17)24-20(27)15-26-10-12-30-13-11-26/h3-7,16,18-19H,8-15H2,1-2H3,(H2,23,28)(H,24,27)(H,25,29)/t18?,19-/m0/s1. The van der Waals surface area contributed by atoms with Gasteiger partial charge < -0.3 is 21.1 Å². The number of morpholine rings is 1. The van der Waals surface area contributed by atoms with E-state index >= 15 is 0 Å². The first-order chi connectivity index (χ1) is 14.3. The molecule has 1 aromatic rings. The monoisotopic (exact) mass is 418 g/mol. The molecule has 1 heterocycles. The molecule has 0 saturated carbocycles. The van der Waals surface area contributed by atoms with Gasteiger partial charge in [0.05, 0.1) is 19.8 Å². The van der Waals surface area contributed by atoms with Gasteiger partial charge in [-0.15, -0.1) is 0 Å². The Morgan fingerprint density at radius 3 is 2.33 bits per heavy atom. The zero-order valence-corrected chi connectivity index (χ0v) is 17.9. The van der Waals surface area contributed by atoms with Crippen molar-refractivity contribution in [2.45, 2.75) is 45.2 Å². The van der Waals surface area contributed by atoms with Crippen molar-refractivity contribution in [1.29, 1.82) is 0 Å². The van der Waals surface area contributed by atoms with Crippen LogP contribution in [-0.2, 0) is 25.5 Å². The Hall–Kier alpha value is -2.45. The van der Waals surface area contributed by atoms with Crippen LogP contribution in [0.15, 0.2) is 30.3 Å². The summed E-state index contributed by atoms with van der Waals surface area (Å²) in [5, 5.41) is 5.58.